The van der Waals surface area contributed by atoms with Gasteiger partial charge < -0.3 is 9.84 Å². The summed E-state index contributed by atoms with van der Waals surface area (Å²) in [7, 11) is 1.54. The number of anilines is 1. The predicted octanol–water partition coefficient (Wildman–Crippen LogP) is 4.77. The highest BCUT2D eigenvalue weighted by molar-refractivity contribution is 6.51. The summed E-state index contributed by atoms with van der Waals surface area (Å²) in [4.78, 5) is 27.6. The third-order valence-corrected chi connectivity index (χ3v) is 5.37. The van der Waals surface area contributed by atoms with Gasteiger partial charge >= 0.3 is 0 Å². The molecular formula is C25H20FNO4. The van der Waals surface area contributed by atoms with Gasteiger partial charge in [0.15, 0.2) is 0 Å². The third kappa shape index (κ3) is 3.57. The average molecular weight is 417 g/mol. The van der Waals surface area contributed by atoms with E-state index in [4.69, 9.17) is 4.74 Å². The number of Topliss-reactive ketones (excluding diaryl/α,β-unsaturated/α-hetero) is 1. The van der Waals surface area contributed by atoms with E-state index < -0.39 is 23.5 Å². The molecule has 3 aromatic carbocycles. The van der Waals surface area contributed by atoms with Crippen molar-refractivity contribution in [1.29, 1.82) is 0 Å². The molecule has 1 unspecified atom stereocenters. The van der Waals surface area contributed by atoms with Crippen LogP contribution in [-0.4, -0.2) is 23.9 Å². The second-order valence-corrected chi connectivity index (χ2v) is 7.24. The number of ketones is 1. The Morgan fingerprint density at radius 3 is 2.23 bits per heavy atom. The summed E-state index contributed by atoms with van der Waals surface area (Å²) in [5, 5.41) is 11.0. The summed E-state index contributed by atoms with van der Waals surface area (Å²) in [5.74, 6) is -1.74. The number of rotatable bonds is 4. The Morgan fingerprint density at radius 2 is 1.61 bits per heavy atom. The molecule has 156 valence electrons. The summed E-state index contributed by atoms with van der Waals surface area (Å²) in [6.45, 7) is 1.85. The van der Waals surface area contributed by atoms with Crippen LogP contribution in [0.2, 0.25) is 0 Å². The van der Waals surface area contributed by atoms with E-state index in [1.165, 1.54) is 29.2 Å². The van der Waals surface area contributed by atoms with Crippen molar-refractivity contribution in [3.05, 3.63) is 101 Å². The highest BCUT2D eigenvalue weighted by atomic mass is 19.1. The number of amides is 1. The molecule has 0 spiro atoms. The number of benzene rings is 3. The molecule has 0 saturated carbocycles. The van der Waals surface area contributed by atoms with Gasteiger partial charge in [-0.05, 0) is 60.5 Å². The maximum absolute atomic E-state index is 13.4. The van der Waals surface area contributed by atoms with Gasteiger partial charge in [-0.25, -0.2) is 4.39 Å². The Morgan fingerprint density at radius 1 is 0.968 bits per heavy atom. The number of hydrogen-bond acceptors (Lipinski definition) is 4. The standard InChI is InChI=1S/C25H20FNO4/c1-15-5-3-4-6-20(15)27-22(16-9-13-19(31-2)14-10-16)21(24(29)25(27)30)23(28)17-7-11-18(26)12-8-17/h3-14,22,28H,1-2H3/b23-21+. The zero-order valence-electron chi connectivity index (χ0n) is 17.0. The minimum absolute atomic E-state index is 0.0509. The van der Waals surface area contributed by atoms with E-state index in [-0.39, 0.29) is 16.9 Å². The van der Waals surface area contributed by atoms with Crippen molar-refractivity contribution in [3.8, 4) is 5.75 Å². The first-order valence-electron chi connectivity index (χ1n) is 9.69. The Balaban J connectivity index is 1.95. The number of ether oxygens (including phenoxy) is 1. The molecule has 1 fully saturated rings. The molecule has 1 atom stereocenters. The number of para-hydroxylation sites is 1. The van der Waals surface area contributed by atoms with Crippen LogP contribution in [0.3, 0.4) is 0 Å². The van der Waals surface area contributed by atoms with Crippen LogP contribution >= 0.6 is 0 Å². The van der Waals surface area contributed by atoms with E-state index in [1.807, 2.05) is 19.1 Å². The van der Waals surface area contributed by atoms with Gasteiger partial charge in [-0.15, -0.1) is 0 Å². The SMILES string of the molecule is COc1ccc(C2/C(=C(\O)c3ccc(F)cc3)C(=O)C(=O)N2c2ccccc2C)cc1. The van der Waals surface area contributed by atoms with Crippen LogP contribution in [0.25, 0.3) is 5.76 Å². The van der Waals surface area contributed by atoms with Crippen molar-refractivity contribution in [1.82, 2.24) is 0 Å². The van der Waals surface area contributed by atoms with Crippen molar-refractivity contribution in [3.63, 3.8) is 0 Å². The van der Waals surface area contributed by atoms with E-state index in [2.05, 4.69) is 0 Å². The van der Waals surface area contributed by atoms with Crippen molar-refractivity contribution >= 4 is 23.1 Å². The summed E-state index contributed by atoms with van der Waals surface area (Å²) >= 11 is 0. The van der Waals surface area contributed by atoms with Crippen molar-refractivity contribution in [2.75, 3.05) is 12.0 Å². The van der Waals surface area contributed by atoms with Crippen molar-refractivity contribution in [2.45, 2.75) is 13.0 Å². The van der Waals surface area contributed by atoms with Gasteiger partial charge in [0, 0.05) is 11.3 Å². The van der Waals surface area contributed by atoms with Crippen LogP contribution in [-0.2, 0) is 9.59 Å². The highest BCUT2D eigenvalue weighted by Crippen LogP contribution is 2.43. The molecule has 1 aliphatic rings. The molecule has 31 heavy (non-hydrogen) atoms. The van der Waals surface area contributed by atoms with Gasteiger partial charge in [-0.3, -0.25) is 14.5 Å². The van der Waals surface area contributed by atoms with Gasteiger partial charge in [0.05, 0.1) is 18.7 Å². The molecule has 6 heteroatoms. The summed E-state index contributed by atoms with van der Waals surface area (Å²) in [6, 6.07) is 18.5. The second kappa shape index (κ2) is 8.07. The molecule has 1 amide bonds. The molecule has 1 aliphatic heterocycles. The van der Waals surface area contributed by atoms with Crippen molar-refractivity contribution < 1.29 is 23.8 Å². The number of methoxy groups -OCH3 is 1. The Hall–Kier alpha value is -3.93. The lowest BCUT2D eigenvalue weighted by Crippen LogP contribution is -2.30. The molecule has 3 aromatic rings. The zero-order chi connectivity index (χ0) is 22.1. The second-order valence-electron chi connectivity index (χ2n) is 7.24. The fourth-order valence-electron chi connectivity index (χ4n) is 3.78. The average Bonchev–Trinajstić information content (AvgIpc) is 3.05. The van der Waals surface area contributed by atoms with Gasteiger partial charge in [-0.2, -0.15) is 0 Å². The maximum Gasteiger partial charge on any atom is 0.300 e. The van der Waals surface area contributed by atoms with Gasteiger partial charge in [-0.1, -0.05) is 30.3 Å². The van der Waals surface area contributed by atoms with Crippen LogP contribution in [0.5, 0.6) is 5.75 Å². The zero-order valence-corrected chi connectivity index (χ0v) is 17.0. The van der Waals surface area contributed by atoms with E-state index in [0.717, 1.165) is 5.56 Å². The summed E-state index contributed by atoms with van der Waals surface area (Å²) in [5.41, 5.74) is 2.22. The summed E-state index contributed by atoms with van der Waals surface area (Å²) < 4.78 is 18.6. The number of hydrogen-bond donors (Lipinski definition) is 1. The molecule has 0 bridgehead atoms. The van der Waals surface area contributed by atoms with E-state index >= 15 is 0 Å². The largest absolute Gasteiger partial charge is 0.507 e. The number of carbonyl (C=O) groups is 2. The highest BCUT2D eigenvalue weighted by Gasteiger charge is 2.47. The molecular weight excluding hydrogens is 397 g/mol. The van der Waals surface area contributed by atoms with Crippen LogP contribution in [0.1, 0.15) is 22.7 Å². The first kappa shape index (κ1) is 20.3. The number of nitrogens with zero attached hydrogens (tertiary/aromatic N) is 1. The Labute approximate surface area is 179 Å². The van der Waals surface area contributed by atoms with Crippen LogP contribution in [0.15, 0.2) is 78.4 Å². The van der Waals surface area contributed by atoms with E-state index in [1.54, 1.807) is 43.5 Å². The number of aliphatic hydroxyl groups is 1. The molecule has 5 nitrogen and oxygen atoms in total. The molecule has 1 saturated heterocycles. The minimum Gasteiger partial charge on any atom is -0.507 e. The maximum atomic E-state index is 13.4. The smallest absolute Gasteiger partial charge is 0.300 e. The molecule has 4 rings (SSSR count). The molecule has 0 aromatic heterocycles. The summed E-state index contributed by atoms with van der Waals surface area (Å²) in [6.07, 6.45) is 0. The lowest BCUT2D eigenvalue weighted by atomic mass is 9.95. The van der Waals surface area contributed by atoms with Crippen molar-refractivity contribution in [2.24, 2.45) is 0 Å². The van der Waals surface area contributed by atoms with Gasteiger partial charge in [0.1, 0.15) is 17.3 Å². The quantitative estimate of drug-likeness (QED) is 0.377. The molecule has 1 heterocycles. The van der Waals surface area contributed by atoms with E-state index in [9.17, 15) is 19.1 Å². The van der Waals surface area contributed by atoms with Crippen LogP contribution in [0.4, 0.5) is 10.1 Å². The fourth-order valence-corrected chi connectivity index (χ4v) is 3.78. The topological polar surface area (TPSA) is 66.8 Å². The number of halogens is 1. The minimum atomic E-state index is -0.850. The number of carbonyl (C=O) groups excluding carboxylic acids is 2. The van der Waals surface area contributed by atoms with Gasteiger partial charge in [0.25, 0.3) is 11.7 Å². The van der Waals surface area contributed by atoms with Gasteiger partial charge in [0.2, 0.25) is 0 Å². The third-order valence-electron chi connectivity index (χ3n) is 5.37. The van der Waals surface area contributed by atoms with E-state index in [0.29, 0.717) is 17.0 Å². The fraction of sp³-hybridized carbons (Fsp3) is 0.120. The molecule has 1 N–H and O–H groups in total. The predicted molar refractivity (Wildman–Crippen MR) is 115 cm³/mol. The monoisotopic (exact) mass is 417 g/mol. The number of aliphatic hydroxyl groups excluding tert-OH is 1. The Bertz CT molecular complexity index is 1180. The first-order chi connectivity index (χ1) is 14.9. The first-order valence-corrected chi connectivity index (χ1v) is 9.69. The lowest BCUT2D eigenvalue weighted by molar-refractivity contribution is -0.132. The molecule has 0 aliphatic carbocycles. The van der Waals surface area contributed by atoms with Crippen LogP contribution in [0, 0.1) is 12.7 Å². The molecule has 0 radical (unpaired) electrons. The van der Waals surface area contributed by atoms with Crippen LogP contribution < -0.4 is 9.64 Å². The normalized spacial score (nSPS) is 17.8. The lowest BCUT2D eigenvalue weighted by Gasteiger charge is -2.27. The number of aryl methyl sites for hydroxylation is 1. The Kier molecular flexibility index (Phi) is 5.29.